The standard InChI is InChI=1S/C15H12ClN3O4S/c1-8-2-4-10(7-12(8)17)24(22,23)19-14(20)11-5-3-9(16)6-13(11)18-15(19)21/h2-7H,17H2,1H3,(H,18,21). The summed E-state index contributed by atoms with van der Waals surface area (Å²) in [7, 11) is -4.39. The van der Waals surface area contributed by atoms with E-state index in [0.717, 1.165) is 0 Å². The van der Waals surface area contributed by atoms with Crippen molar-refractivity contribution in [1.82, 2.24) is 8.96 Å². The van der Waals surface area contributed by atoms with E-state index >= 15 is 0 Å². The molecule has 0 unspecified atom stereocenters. The molecule has 2 aromatic carbocycles. The number of nitrogens with zero attached hydrogens (tertiary/aromatic N) is 1. The maximum Gasteiger partial charge on any atom is 0.343 e. The fourth-order valence-corrected chi connectivity index (χ4v) is 3.76. The Balaban J connectivity index is 2.36. The average molecular weight is 366 g/mol. The Morgan fingerprint density at radius 3 is 2.50 bits per heavy atom. The maximum atomic E-state index is 12.7. The van der Waals surface area contributed by atoms with Gasteiger partial charge in [0, 0.05) is 10.7 Å². The van der Waals surface area contributed by atoms with Gasteiger partial charge in [0.2, 0.25) is 0 Å². The minimum absolute atomic E-state index is 0.0302. The van der Waals surface area contributed by atoms with Gasteiger partial charge in [0.1, 0.15) is 0 Å². The van der Waals surface area contributed by atoms with Crippen molar-refractivity contribution in [3.05, 3.63) is 67.8 Å². The van der Waals surface area contributed by atoms with Gasteiger partial charge >= 0.3 is 5.69 Å². The van der Waals surface area contributed by atoms with Gasteiger partial charge in [0.15, 0.2) is 0 Å². The highest BCUT2D eigenvalue weighted by atomic mass is 35.5. The van der Waals surface area contributed by atoms with Gasteiger partial charge < -0.3 is 10.7 Å². The number of H-pyrrole nitrogens is 1. The van der Waals surface area contributed by atoms with E-state index in [9.17, 15) is 18.0 Å². The highest BCUT2D eigenvalue weighted by Crippen LogP contribution is 2.19. The zero-order valence-electron chi connectivity index (χ0n) is 12.4. The minimum Gasteiger partial charge on any atom is -0.398 e. The van der Waals surface area contributed by atoms with Crippen LogP contribution < -0.4 is 17.0 Å². The van der Waals surface area contributed by atoms with Crippen molar-refractivity contribution in [2.75, 3.05) is 5.73 Å². The number of hydrogen-bond acceptors (Lipinski definition) is 5. The van der Waals surface area contributed by atoms with E-state index in [0.29, 0.717) is 10.6 Å². The second kappa shape index (κ2) is 5.50. The molecule has 0 saturated heterocycles. The van der Waals surface area contributed by atoms with Gasteiger partial charge in [-0.3, -0.25) is 4.79 Å². The van der Waals surface area contributed by atoms with Crippen molar-refractivity contribution < 1.29 is 8.42 Å². The number of aromatic nitrogens is 2. The van der Waals surface area contributed by atoms with Crippen LogP contribution >= 0.6 is 11.6 Å². The van der Waals surface area contributed by atoms with Crippen LogP contribution in [0.15, 0.2) is 50.9 Å². The van der Waals surface area contributed by atoms with Crippen LogP contribution in [0.5, 0.6) is 0 Å². The number of aromatic amines is 1. The van der Waals surface area contributed by atoms with Crippen molar-refractivity contribution in [3.63, 3.8) is 0 Å². The van der Waals surface area contributed by atoms with Gasteiger partial charge in [-0.1, -0.05) is 17.7 Å². The van der Waals surface area contributed by atoms with Crippen molar-refractivity contribution in [1.29, 1.82) is 0 Å². The third kappa shape index (κ3) is 2.49. The molecule has 0 amide bonds. The van der Waals surface area contributed by atoms with Gasteiger partial charge in [-0.2, -0.15) is 0 Å². The molecule has 3 N–H and O–H groups in total. The first-order valence-electron chi connectivity index (χ1n) is 6.78. The average Bonchev–Trinajstić information content (AvgIpc) is 2.49. The molecule has 0 atom stereocenters. The molecule has 0 aliphatic rings. The first-order chi connectivity index (χ1) is 11.2. The predicted molar refractivity (Wildman–Crippen MR) is 92.0 cm³/mol. The first-order valence-corrected chi connectivity index (χ1v) is 8.60. The number of rotatable bonds is 2. The van der Waals surface area contributed by atoms with Crippen molar-refractivity contribution in [2.24, 2.45) is 0 Å². The topological polar surface area (TPSA) is 115 Å². The van der Waals surface area contributed by atoms with E-state index in [1.165, 1.54) is 36.4 Å². The number of fused-ring (bicyclic) bond motifs is 1. The fraction of sp³-hybridized carbons (Fsp3) is 0.0667. The van der Waals surface area contributed by atoms with Crippen LogP contribution in [-0.2, 0) is 10.0 Å². The highest BCUT2D eigenvalue weighted by molar-refractivity contribution is 7.90. The number of nitrogen functional groups attached to an aromatic ring is 1. The summed E-state index contributed by atoms with van der Waals surface area (Å²) in [6.07, 6.45) is 0. The monoisotopic (exact) mass is 365 g/mol. The largest absolute Gasteiger partial charge is 0.398 e. The Kier molecular flexibility index (Phi) is 3.73. The molecule has 0 aliphatic heterocycles. The maximum absolute atomic E-state index is 12.7. The molecule has 0 spiro atoms. The zero-order chi connectivity index (χ0) is 17.6. The number of anilines is 1. The van der Waals surface area contributed by atoms with Crippen molar-refractivity contribution >= 4 is 38.2 Å². The van der Waals surface area contributed by atoms with Gasteiger partial charge in [0.05, 0.1) is 15.8 Å². The molecule has 24 heavy (non-hydrogen) atoms. The molecule has 0 radical (unpaired) electrons. The second-order valence-electron chi connectivity index (χ2n) is 5.21. The summed E-state index contributed by atoms with van der Waals surface area (Å²) >= 11 is 5.82. The summed E-state index contributed by atoms with van der Waals surface area (Å²) in [5, 5.41) is 0.340. The molecule has 1 aromatic heterocycles. The van der Waals surface area contributed by atoms with Gasteiger partial charge in [-0.05, 0) is 42.8 Å². The van der Waals surface area contributed by atoms with E-state index in [1.807, 2.05) is 0 Å². The number of nitrogens with two attached hydrogens (primary N) is 1. The summed E-state index contributed by atoms with van der Waals surface area (Å²) < 4.78 is 25.6. The van der Waals surface area contributed by atoms with Crippen LogP contribution in [0.3, 0.4) is 0 Å². The van der Waals surface area contributed by atoms with Crippen molar-refractivity contribution in [3.8, 4) is 0 Å². The van der Waals surface area contributed by atoms with Gasteiger partial charge in [-0.25, -0.2) is 13.2 Å². The molecule has 0 saturated carbocycles. The Morgan fingerprint density at radius 1 is 1.12 bits per heavy atom. The Bertz CT molecular complexity index is 1200. The number of hydrogen-bond donors (Lipinski definition) is 2. The van der Waals surface area contributed by atoms with Crippen LogP contribution in [0.4, 0.5) is 5.69 Å². The Labute approximate surface area is 141 Å². The van der Waals surface area contributed by atoms with Crippen LogP contribution in [-0.4, -0.2) is 17.4 Å². The van der Waals surface area contributed by atoms with Crippen LogP contribution in [0.25, 0.3) is 10.9 Å². The minimum atomic E-state index is -4.39. The highest BCUT2D eigenvalue weighted by Gasteiger charge is 2.23. The summed E-state index contributed by atoms with van der Waals surface area (Å²) in [5.41, 5.74) is 4.78. The lowest BCUT2D eigenvalue weighted by molar-refractivity contribution is 0.582. The Morgan fingerprint density at radius 2 is 1.83 bits per heavy atom. The fourth-order valence-electron chi connectivity index (χ4n) is 2.28. The summed E-state index contributed by atoms with van der Waals surface area (Å²) in [4.78, 5) is 26.8. The number of halogens is 1. The SMILES string of the molecule is Cc1ccc(S(=O)(=O)n2c(=O)[nH]c3cc(Cl)ccc3c2=O)cc1N. The lowest BCUT2D eigenvalue weighted by Crippen LogP contribution is -2.40. The molecule has 3 aromatic rings. The lowest BCUT2D eigenvalue weighted by Gasteiger charge is -2.09. The summed E-state index contributed by atoms with van der Waals surface area (Å²) in [5.74, 6) is 0. The number of aryl methyl sites for hydroxylation is 1. The molecule has 124 valence electrons. The van der Waals surface area contributed by atoms with E-state index in [4.69, 9.17) is 17.3 Å². The third-order valence-electron chi connectivity index (χ3n) is 3.61. The predicted octanol–water partition coefficient (Wildman–Crippen LogP) is 1.47. The van der Waals surface area contributed by atoms with Crippen LogP contribution in [0.1, 0.15) is 5.56 Å². The Hall–Kier alpha value is -2.58. The smallest absolute Gasteiger partial charge is 0.343 e. The molecular formula is C15H12ClN3O4S. The summed E-state index contributed by atoms with van der Waals surface area (Å²) in [6, 6.07) is 8.17. The summed E-state index contributed by atoms with van der Waals surface area (Å²) in [6.45, 7) is 1.71. The van der Waals surface area contributed by atoms with Gasteiger partial charge in [-0.15, -0.1) is 3.97 Å². The quantitative estimate of drug-likeness (QED) is 0.667. The number of nitrogens with one attached hydrogen (secondary N) is 1. The third-order valence-corrected chi connectivity index (χ3v) is 5.51. The normalized spacial score (nSPS) is 11.8. The van der Waals surface area contributed by atoms with Crippen LogP contribution in [0, 0.1) is 6.92 Å². The molecule has 3 rings (SSSR count). The first kappa shape index (κ1) is 16.3. The van der Waals surface area contributed by atoms with E-state index in [-0.39, 0.29) is 25.5 Å². The van der Waals surface area contributed by atoms with E-state index in [2.05, 4.69) is 4.98 Å². The molecule has 0 bridgehead atoms. The van der Waals surface area contributed by atoms with Gasteiger partial charge in [0.25, 0.3) is 15.6 Å². The van der Waals surface area contributed by atoms with Crippen LogP contribution in [0.2, 0.25) is 5.02 Å². The number of benzene rings is 2. The van der Waals surface area contributed by atoms with Crippen molar-refractivity contribution in [2.45, 2.75) is 11.8 Å². The molecule has 1 heterocycles. The molecule has 7 nitrogen and oxygen atoms in total. The zero-order valence-corrected chi connectivity index (χ0v) is 14.0. The van der Waals surface area contributed by atoms with E-state index in [1.54, 1.807) is 6.92 Å². The molecule has 0 fully saturated rings. The van der Waals surface area contributed by atoms with E-state index < -0.39 is 21.3 Å². The second-order valence-corrected chi connectivity index (χ2v) is 7.44. The molecule has 0 aliphatic carbocycles. The molecular weight excluding hydrogens is 354 g/mol. The lowest BCUT2D eigenvalue weighted by atomic mass is 10.2. The molecule has 9 heteroatoms.